The highest BCUT2D eigenvalue weighted by atomic mass is 16.5. The van der Waals surface area contributed by atoms with E-state index in [1.807, 2.05) is 10.6 Å². The quantitative estimate of drug-likeness (QED) is 0.837. The number of imidazole rings is 1. The molecule has 0 amide bonds. The summed E-state index contributed by atoms with van der Waals surface area (Å²) in [5.41, 5.74) is 3.28. The van der Waals surface area contributed by atoms with Gasteiger partial charge in [0.1, 0.15) is 0 Å². The normalized spacial score (nSPS) is 27.5. The number of piperidine rings is 1. The van der Waals surface area contributed by atoms with Crippen LogP contribution in [-0.4, -0.2) is 46.3 Å². The van der Waals surface area contributed by atoms with Gasteiger partial charge in [0.2, 0.25) is 0 Å². The third kappa shape index (κ3) is 3.79. The van der Waals surface area contributed by atoms with Crippen molar-refractivity contribution in [3.63, 3.8) is 0 Å². The van der Waals surface area contributed by atoms with Gasteiger partial charge in [-0.15, -0.1) is 0 Å². The number of aryl methyl sites for hydroxylation is 1. The van der Waals surface area contributed by atoms with Crippen molar-refractivity contribution in [1.29, 1.82) is 0 Å². The number of hydrogen-bond acceptors (Lipinski definition) is 3. The Morgan fingerprint density at radius 3 is 2.50 bits per heavy atom. The molecule has 0 atom stereocenters. The minimum atomic E-state index is 0. The maximum Gasteiger partial charge on any atom is 0.326 e. The van der Waals surface area contributed by atoms with E-state index >= 15 is 0 Å². The Morgan fingerprint density at radius 1 is 1.04 bits per heavy atom. The molecule has 2 saturated carbocycles. The Bertz CT molecular complexity index is 872. The number of nitrogens with one attached hydrogen (secondary N) is 1. The van der Waals surface area contributed by atoms with E-state index in [-0.39, 0.29) is 7.12 Å². The van der Waals surface area contributed by atoms with Gasteiger partial charge in [-0.2, -0.15) is 0 Å². The summed E-state index contributed by atoms with van der Waals surface area (Å²) in [4.78, 5) is 18.3. The number of ether oxygens (including phenoxy) is 1. The van der Waals surface area contributed by atoms with Crippen LogP contribution in [0.4, 0.5) is 0 Å². The van der Waals surface area contributed by atoms with Crippen LogP contribution in [0, 0.1) is 12.8 Å². The molecule has 0 spiro atoms. The van der Waals surface area contributed by atoms with Crippen molar-refractivity contribution in [3.05, 3.63) is 34.2 Å². The van der Waals surface area contributed by atoms with E-state index in [0.29, 0.717) is 18.2 Å². The summed E-state index contributed by atoms with van der Waals surface area (Å²) in [6.07, 6.45) is 10.4. The van der Waals surface area contributed by atoms with Gasteiger partial charge in [0.05, 0.1) is 17.1 Å². The van der Waals surface area contributed by atoms with Gasteiger partial charge in [-0.05, 0) is 81.9 Å². The van der Waals surface area contributed by atoms with E-state index in [0.717, 1.165) is 49.5 Å². The largest absolute Gasteiger partial charge is 0.378 e. The Kier molecular flexibility index (Phi) is 5.06. The molecule has 3 fully saturated rings. The standard InChI is InChI=1S/C23H33N3O2.H2/c1-16-2-9-21-22(14-16)26(23(27)24-21)19-10-12-25(13-11-19)18-5-7-20(8-6-18)28-15-17-3-4-17;/h2,9,14,17-20H,3-8,10-13,15H2,1H3,(H,24,27);1H. The monoisotopic (exact) mass is 385 g/mol. The average Bonchev–Trinajstić information content (AvgIpc) is 3.49. The average molecular weight is 386 g/mol. The predicted molar refractivity (Wildman–Crippen MR) is 114 cm³/mol. The molecule has 2 aromatic rings. The van der Waals surface area contributed by atoms with Gasteiger partial charge in [0.25, 0.3) is 0 Å². The first-order valence-electron chi connectivity index (χ1n) is 11.2. The van der Waals surface area contributed by atoms with Gasteiger partial charge < -0.3 is 14.6 Å². The summed E-state index contributed by atoms with van der Waals surface area (Å²) in [7, 11) is 0. The van der Waals surface area contributed by atoms with Crippen molar-refractivity contribution >= 4 is 11.0 Å². The first-order chi connectivity index (χ1) is 13.7. The Balaban J connectivity index is 0.00000205. The highest BCUT2D eigenvalue weighted by Crippen LogP contribution is 2.33. The number of aromatic amines is 1. The van der Waals surface area contributed by atoms with Crippen LogP contribution in [0.15, 0.2) is 23.0 Å². The molecule has 1 aromatic carbocycles. The lowest BCUT2D eigenvalue weighted by Crippen LogP contribution is -2.45. The third-order valence-corrected chi connectivity index (χ3v) is 7.16. The second kappa shape index (κ2) is 7.68. The number of rotatable bonds is 5. The second-order valence-corrected chi connectivity index (χ2v) is 9.30. The van der Waals surface area contributed by atoms with Crippen LogP contribution >= 0.6 is 0 Å². The summed E-state index contributed by atoms with van der Waals surface area (Å²) in [6, 6.07) is 7.26. The van der Waals surface area contributed by atoms with Gasteiger partial charge in [-0.1, -0.05) is 6.07 Å². The second-order valence-electron chi connectivity index (χ2n) is 9.30. The molecule has 5 heteroatoms. The summed E-state index contributed by atoms with van der Waals surface area (Å²) in [5, 5.41) is 0. The maximum absolute atomic E-state index is 12.6. The SMILES string of the molecule is Cc1ccc2[nH]c(=O)n(C3CCN(C4CCC(OCC5CC5)CC4)CC3)c2c1.[HH]. The van der Waals surface area contributed by atoms with E-state index < -0.39 is 0 Å². The lowest BCUT2D eigenvalue weighted by molar-refractivity contribution is -0.00218. The van der Waals surface area contributed by atoms with Gasteiger partial charge in [0, 0.05) is 33.2 Å². The molecule has 1 aromatic heterocycles. The first-order valence-corrected chi connectivity index (χ1v) is 11.2. The molecular weight excluding hydrogens is 350 g/mol. The molecule has 154 valence electrons. The van der Waals surface area contributed by atoms with E-state index in [1.165, 1.54) is 44.1 Å². The zero-order chi connectivity index (χ0) is 19.1. The number of fused-ring (bicyclic) bond motifs is 1. The van der Waals surface area contributed by atoms with Gasteiger partial charge >= 0.3 is 5.69 Å². The molecule has 3 aliphatic rings. The van der Waals surface area contributed by atoms with E-state index in [2.05, 4.69) is 28.9 Å². The van der Waals surface area contributed by atoms with Crippen molar-refractivity contribution in [2.24, 2.45) is 5.92 Å². The molecule has 2 heterocycles. The lowest BCUT2D eigenvalue weighted by atomic mass is 9.90. The molecule has 0 radical (unpaired) electrons. The molecule has 28 heavy (non-hydrogen) atoms. The molecule has 5 nitrogen and oxygen atoms in total. The zero-order valence-electron chi connectivity index (χ0n) is 17.0. The van der Waals surface area contributed by atoms with Crippen molar-refractivity contribution < 1.29 is 6.16 Å². The summed E-state index contributed by atoms with van der Waals surface area (Å²) < 4.78 is 8.13. The Labute approximate surface area is 168 Å². The van der Waals surface area contributed by atoms with Gasteiger partial charge in [-0.25, -0.2) is 4.79 Å². The van der Waals surface area contributed by atoms with Gasteiger partial charge in [-0.3, -0.25) is 4.57 Å². The van der Waals surface area contributed by atoms with Crippen molar-refractivity contribution in [3.8, 4) is 0 Å². The van der Waals surface area contributed by atoms with Gasteiger partial charge in [0.15, 0.2) is 0 Å². The number of benzene rings is 1. The minimum absolute atomic E-state index is 0. The smallest absolute Gasteiger partial charge is 0.326 e. The van der Waals surface area contributed by atoms with Crippen LogP contribution in [0.5, 0.6) is 0 Å². The van der Waals surface area contributed by atoms with E-state index in [4.69, 9.17) is 4.74 Å². The van der Waals surface area contributed by atoms with Crippen LogP contribution in [0.1, 0.15) is 64.4 Å². The fourth-order valence-corrected chi connectivity index (χ4v) is 5.24. The topological polar surface area (TPSA) is 50.3 Å². The number of hydrogen-bond donors (Lipinski definition) is 1. The molecule has 0 bridgehead atoms. The number of H-pyrrole nitrogens is 1. The van der Waals surface area contributed by atoms with Crippen LogP contribution in [0.25, 0.3) is 11.0 Å². The number of nitrogens with zero attached hydrogens (tertiary/aromatic N) is 2. The number of likely N-dealkylation sites (tertiary alicyclic amines) is 1. The highest BCUT2D eigenvalue weighted by molar-refractivity contribution is 5.76. The van der Waals surface area contributed by atoms with Crippen LogP contribution in [0.2, 0.25) is 0 Å². The fraction of sp³-hybridized carbons (Fsp3) is 0.696. The van der Waals surface area contributed by atoms with Crippen LogP contribution in [-0.2, 0) is 4.74 Å². The van der Waals surface area contributed by atoms with Crippen LogP contribution in [0.3, 0.4) is 0 Å². The Morgan fingerprint density at radius 2 is 1.79 bits per heavy atom. The summed E-state index contributed by atoms with van der Waals surface area (Å²) in [6.45, 7) is 5.30. The van der Waals surface area contributed by atoms with E-state index in [9.17, 15) is 4.79 Å². The third-order valence-electron chi connectivity index (χ3n) is 7.16. The molecule has 1 N–H and O–H groups in total. The predicted octanol–water partition coefficient (Wildman–Crippen LogP) is 4.26. The highest BCUT2D eigenvalue weighted by Gasteiger charge is 2.31. The van der Waals surface area contributed by atoms with Crippen LogP contribution < -0.4 is 5.69 Å². The summed E-state index contributed by atoms with van der Waals surface area (Å²) >= 11 is 0. The molecular formula is C23H35N3O2. The minimum Gasteiger partial charge on any atom is -0.378 e. The Hall–Kier alpha value is -1.59. The van der Waals surface area contributed by atoms with E-state index in [1.54, 1.807) is 0 Å². The molecule has 0 unspecified atom stereocenters. The van der Waals surface area contributed by atoms with Crippen molar-refractivity contribution in [2.45, 2.75) is 76.5 Å². The molecule has 1 aliphatic heterocycles. The maximum atomic E-state index is 12.6. The lowest BCUT2D eigenvalue weighted by Gasteiger charge is -2.41. The number of aromatic nitrogens is 2. The molecule has 2 aliphatic carbocycles. The van der Waals surface area contributed by atoms with Crippen molar-refractivity contribution in [1.82, 2.24) is 14.5 Å². The first kappa shape index (κ1) is 18.4. The fourth-order valence-electron chi connectivity index (χ4n) is 5.24. The van der Waals surface area contributed by atoms with Crippen molar-refractivity contribution in [2.75, 3.05) is 19.7 Å². The summed E-state index contributed by atoms with van der Waals surface area (Å²) in [5.74, 6) is 0.869. The zero-order valence-corrected chi connectivity index (χ0v) is 17.0. The molecule has 1 saturated heterocycles. The molecule has 5 rings (SSSR count).